The molecule has 0 unspecified atom stereocenters. The van der Waals surface area contributed by atoms with Gasteiger partial charge in [-0.1, -0.05) is 30.3 Å². The molecule has 1 fully saturated rings. The first-order valence-corrected chi connectivity index (χ1v) is 9.41. The summed E-state index contributed by atoms with van der Waals surface area (Å²) in [6.45, 7) is 3.46. The summed E-state index contributed by atoms with van der Waals surface area (Å²) in [4.78, 5) is 25.2. The Kier molecular flexibility index (Phi) is 5.20. The van der Waals surface area contributed by atoms with Crippen LogP contribution in [-0.2, 0) is 0 Å². The number of rotatable bonds is 3. The van der Waals surface area contributed by atoms with E-state index in [0.717, 1.165) is 17.7 Å². The molecule has 1 saturated heterocycles. The van der Waals surface area contributed by atoms with E-state index in [1.165, 1.54) is 6.07 Å². The van der Waals surface area contributed by atoms with Crippen molar-refractivity contribution in [3.63, 3.8) is 0 Å². The minimum absolute atomic E-state index is 0.151. The topological polar surface area (TPSA) is 49.3 Å². The van der Waals surface area contributed by atoms with E-state index in [-0.39, 0.29) is 11.6 Å². The van der Waals surface area contributed by atoms with Crippen LogP contribution in [0.2, 0.25) is 0 Å². The van der Waals surface area contributed by atoms with Crippen molar-refractivity contribution >= 4 is 11.6 Å². The van der Waals surface area contributed by atoms with Crippen molar-refractivity contribution in [2.45, 2.75) is 6.92 Å². The average Bonchev–Trinajstić information content (AvgIpc) is 2.76. The molecule has 0 bridgehead atoms. The van der Waals surface area contributed by atoms with Crippen LogP contribution in [0.15, 0.2) is 54.7 Å². The molecule has 0 atom stereocenters. The number of halogens is 2. The van der Waals surface area contributed by atoms with Gasteiger partial charge >= 0.3 is 0 Å². The van der Waals surface area contributed by atoms with Gasteiger partial charge in [-0.25, -0.2) is 18.7 Å². The zero-order valence-corrected chi connectivity index (χ0v) is 16.0. The predicted molar refractivity (Wildman–Crippen MR) is 107 cm³/mol. The van der Waals surface area contributed by atoms with Crippen LogP contribution in [0, 0.1) is 18.6 Å². The van der Waals surface area contributed by atoms with Gasteiger partial charge in [-0.15, -0.1) is 0 Å². The van der Waals surface area contributed by atoms with E-state index in [1.54, 1.807) is 22.9 Å². The van der Waals surface area contributed by atoms with Crippen LogP contribution in [-0.4, -0.2) is 47.0 Å². The number of anilines is 1. The standard InChI is InChI=1S/C22H20F2N4O/c1-15-18(14-25-21(26-15)16-5-3-2-4-6-16)22(29)28-11-9-27(10-12-28)20-13-17(23)7-8-19(20)24/h2-8,13-14H,9-12H2,1H3. The van der Waals surface area contributed by atoms with Gasteiger partial charge in [0.2, 0.25) is 0 Å². The van der Waals surface area contributed by atoms with Crippen LogP contribution in [0.25, 0.3) is 11.4 Å². The molecular weight excluding hydrogens is 374 g/mol. The van der Waals surface area contributed by atoms with Crippen LogP contribution in [0.5, 0.6) is 0 Å². The highest BCUT2D eigenvalue weighted by Gasteiger charge is 2.25. The highest BCUT2D eigenvalue weighted by molar-refractivity contribution is 5.95. The number of carbonyl (C=O) groups is 1. The highest BCUT2D eigenvalue weighted by atomic mass is 19.1. The molecule has 148 valence electrons. The van der Waals surface area contributed by atoms with Crippen LogP contribution >= 0.6 is 0 Å². The molecule has 1 aliphatic heterocycles. The molecule has 5 nitrogen and oxygen atoms in total. The van der Waals surface area contributed by atoms with Gasteiger partial charge in [-0.3, -0.25) is 4.79 Å². The Bertz CT molecular complexity index is 1030. The van der Waals surface area contributed by atoms with Gasteiger partial charge in [0.15, 0.2) is 5.82 Å². The van der Waals surface area contributed by atoms with E-state index in [4.69, 9.17) is 0 Å². The summed E-state index contributed by atoms with van der Waals surface area (Å²) in [5.74, 6) is -0.523. The zero-order valence-electron chi connectivity index (χ0n) is 16.0. The second-order valence-electron chi connectivity index (χ2n) is 6.93. The van der Waals surface area contributed by atoms with E-state index in [2.05, 4.69) is 9.97 Å². The zero-order chi connectivity index (χ0) is 20.4. The van der Waals surface area contributed by atoms with Crippen LogP contribution < -0.4 is 4.90 Å². The predicted octanol–water partition coefficient (Wildman–Crippen LogP) is 3.69. The van der Waals surface area contributed by atoms with Crippen molar-refractivity contribution in [3.8, 4) is 11.4 Å². The fourth-order valence-electron chi connectivity index (χ4n) is 3.45. The third-order valence-corrected chi connectivity index (χ3v) is 5.06. The Morgan fingerprint density at radius 2 is 1.72 bits per heavy atom. The Morgan fingerprint density at radius 1 is 1.00 bits per heavy atom. The van der Waals surface area contributed by atoms with Crippen molar-refractivity contribution < 1.29 is 13.6 Å². The normalized spacial score (nSPS) is 14.2. The van der Waals surface area contributed by atoms with Crippen molar-refractivity contribution in [2.75, 3.05) is 31.1 Å². The summed E-state index contributed by atoms with van der Waals surface area (Å²) >= 11 is 0. The Labute approximate surface area is 167 Å². The summed E-state index contributed by atoms with van der Waals surface area (Å²) in [6, 6.07) is 13.0. The number of aryl methyl sites for hydroxylation is 1. The lowest BCUT2D eigenvalue weighted by Crippen LogP contribution is -2.49. The van der Waals surface area contributed by atoms with Gasteiger partial charge in [0.25, 0.3) is 5.91 Å². The summed E-state index contributed by atoms with van der Waals surface area (Å²) < 4.78 is 27.5. The first-order valence-electron chi connectivity index (χ1n) is 9.41. The number of aromatic nitrogens is 2. The Balaban J connectivity index is 1.46. The maximum absolute atomic E-state index is 14.0. The maximum Gasteiger partial charge on any atom is 0.257 e. The fourth-order valence-corrected chi connectivity index (χ4v) is 3.45. The molecule has 0 radical (unpaired) electrons. The smallest absolute Gasteiger partial charge is 0.257 e. The van der Waals surface area contributed by atoms with E-state index < -0.39 is 11.6 Å². The maximum atomic E-state index is 14.0. The fraction of sp³-hybridized carbons (Fsp3) is 0.227. The molecule has 3 aromatic rings. The van der Waals surface area contributed by atoms with Gasteiger partial charge in [0.1, 0.15) is 11.6 Å². The van der Waals surface area contributed by atoms with Crippen LogP contribution in [0.4, 0.5) is 14.5 Å². The van der Waals surface area contributed by atoms with Crippen molar-refractivity contribution in [1.82, 2.24) is 14.9 Å². The number of carbonyl (C=O) groups excluding carboxylic acids is 1. The molecule has 0 spiro atoms. The lowest BCUT2D eigenvalue weighted by atomic mass is 10.1. The number of nitrogens with zero attached hydrogens (tertiary/aromatic N) is 4. The first-order chi connectivity index (χ1) is 14.0. The molecule has 1 amide bonds. The quantitative estimate of drug-likeness (QED) is 0.680. The lowest BCUT2D eigenvalue weighted by Gasteiger charge is -2.36. The molecule has 2 aromatic carbocycles. The summed E-state index contributed by atoms with van der Waals surface area (Å²) in [5.41, 5.74) is 2.18. The Hall–Kier alpha value is -3.35. The molecular formula is C22H20F2N4O. The minimum Gasteiger partial charge on any atom is -0.366 e. The van der Waals surface area contributed by atoms with Gasteiger partial charge in [0, 0.05) is 44.0 Å². The molecule has 1 aromatic heterocycles. The average molecular weight is 394 g/mol. The molecule has 29 heavy (non-hydrogen) atoms. The third-order valence-electron chi connectivity index (χ3n) is 5.06. The lowest BCUT2D eigenvalue weighted by molar-refractivity contribution is 0.0745. The van der Waals surface area contributed by atoms with E-state index in [0.29, 0.717) is 43.3 Å². The summed E-state index contributed by atoms with van der Waals surface area (Å²) in [5, 5.41) is 0. The number of piperazine rings is 1. The SMILES string of the molecule is Cc1nc(-c2ccccc2)ncc1C(=O)N1CCN(c2cc(F)ccc2F)CC1. The number of hydrogen-bond acceptors (Lipinski definition) is 4. The third kappa shape index (κ3) is 3.94. The number of benzene rings is 2. The van der Waals surface area contributed by atoms with Crippen LogP contribution in [0.3, 0.4) is 0 Å². The van der Waals surface area contributed by atoms with E-state index in [9.17, 15) is 13.6 Å². The van der Waals surface area contributed by atoms with Gasteiger partial charge in [-0.05, 0) is 19.1 Å². The molecule has 2 heterocycles. The van der Waals surface area contributed by atoms with E-state index >= 15 is 0 Å². The Morgan fingerprint density at radius 3 is 2.41 bits per heavy atom. The molecule has 0 aliphatic carbocycles. The van der Waals surface area contributed by atoms with Gasteiger partial charge in [-0.2, -0.15) is 0 Å². The second kappa shape index (κ2) is 7.95. The van der Waals surface area contributed by atoms with Crippen molar-refractivity contribution in [3.05, 3.63) is 77.6 Å². The molecule has 0 saturated carbocycles. The molecule has 0 N–H and O–H groups in total. The molecule has 7 heteroatoms. The monoisotopic (exact) mass is 394 g/mol. The van der Waals surface area contributed by atoms with Gasteiger partial charge < -0.3 is 9.80 Å². The second-order valence-corrected chi connectivity index (χ2v) is 6.93. The minimum atomic E-state index is -0.480. The van der Waals surface area contributed by atoms with Crippen molar-refractivity contribution in [2.24, 2.45) is 0 Å². The number of amides is 1. The largest absolute Gasteiger partial charge is 0.366 e. The summed E-state index contributed by atoms with van der Waals surface area (Å²) in [6.07, 6.45) is 1.56. The highest BCUT2D eigenvalue weighted by Crippen LogP contribution is 2.23. The number of hydrogen-bond donors (Lipinski definition) is 0. The van der Waals surface area contributed by atoms with Crippen LogP contribution in [0.1, 0.15) is 16.1 Å². The molecule has 1 aliphatic rings. The van der Waals surface area contributed by atoms with E-state index in [1.807, 2.05) is 30.3 Å². The van der Waals surface area contributed by atoms with Crippen molar-refractivity contribution in [1.29, 1.82) is 0 Å². The first kappa shape index (κ1) is 19.0. The van der Waals surface area contributed by atoms with Gasteiger partial charge in [0.05, 0.1) is 16.9 Å². The summed E-state index contributed by atoms with van der Waals surface area (Å²) in [7, 11) is 0. The molecule has 4 rings (SSSR count).